The molecule has 17 heavy (non-hydrogen) atoms. The molecule has 1 unspecified atom stereocenters. The lowest BCUT2D eigenvalue weighted by Crippen LogP contribution is -2.52. The van der Waals surface area contributed by atoms with Crippen molar-refractivity contribution < 1.29 is 4.79 Å². The van der Waals surface area contributed by atoms with Crippen molar-refractivity contribution in [3.05, 3.63) is 0 Å². The van der Waals surface area contributed by atoms with Crippen molar-refractivity contribution in [1.29, 1.82) is 5.26 Å². The zero-order valence-electron chi connectivity index (χ0n) is 11.2. The van der Waals surface area contributed by atoms with Gasteiger partial charge in [0.1, 0.15) is 5.41 Å². The van der Waals surface area contributed by atoms with E-state index < -0.39 is 5.41 Å². The summed E-state index contributed by atoms with van der Waals surface area (Å²) in [6.07, 6.45) is 4.44. The van der Waals surface area contributed by atoms with Crippen LogP contribution in [0.5, 0.6) is 0 Å². The van der Waals surface area contributed by atoms with Gasteiger partial charge in [-0.25, -0.2) is 0 Å². The van der Waals surface area contributed by atoms with E-state index in [1.807, 2.05) is 13.3 Å². The zero-order valence-corrected chi connectivity index (χ0v) is 12.0. The van der Waals surface area contributed by atoms with Crippen LogP contribution in [0.2, 0.25) is 0 Å². The molecule has 0 saturated heterocycles. The van der Waals surface area contributed by atoms with Gasteiger partial charge in [0.2, 0.25) is 5.91 Å². The fraction of sp³-hybridized carbons (Fsp3) is 0.846. The second kappa shape index (κ2) is 5.77. The summed E-state index contributed by atoms with van der Waals surface area (Å²) in [5.74, 6) is 1.47. The van der Waals surface area contributed by atoms with Crippen LogP contribution in [0.4, 0.5) is 0 Å². The van der Waals surface area contributed by atoms with Crippen molar-refractivity contribution in [2.24, 2.45) is 11.3 Å². The number of thioether (sulfide) groups is 1. The van der Waals surface area contributed by atoms with Crippen LogP contribution >= 0.6 is 11.8 Å². The first-order valence-corrected chi connectivity index (χ1v) is 7.57. The fourth-order valence-electron chi connectivity index (χ4n) is 2.64. The third-order valence-corrected chi connectivity index (χ3v) is 4.43. The maximum absolute atomic E-state index is 12.4. The average molecular weight is 254 g/mol. The lowest BCUT2D eigenvalue weighted by atomic mass is 9.62. The van der Waals surface area contributed by atoms with Crippen LogP contribution in [-0.2, 0) is 4.79 Å². The maximum Gasteiger partial charge on any atom is 0.243 e. The van der Waals surface area contributed by atoms with Gasteiger partial charge in [-0.05, 0) is 31.4 Å². The molecule has 4 heteroatoms. The van der Waals surface area contributed by atoms with E-state index in [1.54, 1.807) is 16.7 Å². The lowest BCUT2D eigenvalue weighted by Gasteiger charge is -2.43. The molecule has 0 aromatic rings. The molecule has 96 valence electrons. The fourth-order valence-corrected chi connectivity index (χ4v) is 3.49. The van der Waals surface area contributed by atoms with E-state index in [9.17, 15) is 10.1 Å². The van der Waals surface area contributed by atoms with Crippen LogP contribution < -0.4 is 0 Å². The van der Waals surface area contributed by atoms with Crippen LogP contribution in [0, 0.1) is 22.7 Å². The lowest BCUT2D eigenvalue weighted by molar-refractivity contribution is -0.145. The summed E-state index contributed by atoms with van der Waals surface area (Å²) in [6, 6.07) is 2.50. The number of rotatable bonds is 5. The first-order chi connectivity index (χ1) is 8.00. The molecule has 0 heterocycles. The molecule has 0 bridgehead atoms. The number of amides is 1. The van der Waals surface area contributed by atoms with Crippen LogP contribution in [0.1, 0.15) is 33.1 Å². The third kappa shape index (κ3) is 2.77. The van der Waals surface area contributed by atoms with Crippen molar-refractivity contribution in [3.8, 4) is 6.07 Å². The van der Waals surface area contributed by atoms with Crippen molar-refractivity contribution in [1.82, 2.24) is 4.90 Å². The first kappa shape index (κ1) is 14.4. The van der Waals surface area contributed by atoms with Crippen molar-refractivity contribution in [2.75, 3.05) is 19.1 Å². The van der Waals surface area contributed by atoms with Crippen LogP contribution in [-0.4, -0.2) is 35.9 Å². The second-order valence-corrected chi connectivity index (χ2v) is 6.05. The number of carbonyl (C=O) groups excluding carboxylic acids is 1. The standard InChI is InChI=1S/C13H22N2OS/c1-5-11(8-17-4)15(3)12(16)13(9-14)6-10(2)7-13/h10-11H,5-8H2,1-4H3. The van der Waals surface area contributed by atoms with Gasteiger partial charge < -0.3 is 4.90 Å². The van der Waals surface area contributed by atoms with E-state index in [4.69, 9.17) is 0 Å². The van der Waals surface area contributed by atoms with E-state index in [1.165, 1.54) is 0 Å². The first-order valence-electron chi connectivity index (χ1n) is 6.18. The highest BCUT2D eigenvalue weighted by molar-refractivity contribution is 7.98. The zero-order chi connectivity index (χ0) is 13.1. The molecule has 1 aliphatic rings. The number of nitrogens with zero attached hydrogens (tertiary/aromatic N) is 2. The van der Waals surface area contributed by atoms with Gasteiger partial charge in [-0.15, -0.1) is 0 Å². The highest BCUT2D eigenvalue weighted by atomic mass is 32.2. The predicted octanol–water partition coefficient (Wildman–Crippen LogP) is 2.53. The van der Waals surface area contributed by atoms with Gasteiger partial charge in [0.15, 0.2) is 0 Å². The van der Waals surface area contributed by atoms with E-state index in [0.29, 0.717) is 5.92 Å². The van der Waals surface area contributed by atoms with Gasteiger partial charge in [-0.1, -0.05) is 13.8 Å². The smallest absolute Gasteiger partial charge is 0.243 e. The topological polar surface area (TPSA) is 44.1 Å². The van der Waals surface area contributed by atoms with E-state index >= 15 is 0 Å². The summed E-state index contributed by atoms with van der Waals surface area (Å²) < 4.78 is 0. The maximum atomic E-state index is 12.4. The van der Waals surface area contributed by atoms with E-state index in [0.717, 1.165) is 25.0 Å². The number of nitriles is 1. The molecule has 0 N–H and O–H groups in total. The molecule has 3 nitrogen and oxygen atoms in total. The van der Waals surface area contributed by atoms with Crippen molar-refractivity contribution in [3.63, 3.8) is 0 Å². The molecule has 0 radical (unpaired) electrons. The molecule has 0 spiro atoms. The number of carbonyl (C=O) groups is 1. The van der Waals surface area contributed by atoms with E-state index in [2.05, 4.69) is 19.9 Å². The monoisotopic (exact) mass is 254 g/mol. The van der Waals surface area contributed by atoms with Gasteiger partial charge in [-0.2, -0.15) is 17.0 Å². The molecule has 0 aromatic heterocycles. The predicted molar refractivity (Wildman–Crippen MR) is 71.7 cm³/mol. The Hall–Kier alpha value is -0.690. The van der Waals surface area contributed by atoms with Gasteiger partial charge >= 0.3 is 0 Å². The SMILES string of the molecule is CCC(CSC)N(C)C(=O)C1(C#N)CC(C)C1. The Kier molecular flexibility index (Phi) is 4.88. The van der Waals surface area contributed by atoms with Crippen molar-refractivity contribution >= 4 is 17.7 Å². The molecule has 1 fully saturated rings. The second-order valence-electron chi connectivity index (χ2n) is 5.14. The Labute approximate surface area is 109 Å². The van der Waals surface area contributed by atoms with Gasteiger partial charge in [0.25, 0.3) is 0 Å². The summed E-state index contributed by atoms with van der Waals surface area (Å²) in [6.45, 7) is 4.19. The van der Waals surface area contributed by atoms with Crippen LogP contribution in [0.3, 0.4) is 0 Å². The Bertz CT molecular complexity index is 318. The molecule has 1 aliphatic carbocycles. The molecule has 1 atom stereocenters. The minimum atomic E-state index is -0.722. The van der Waals surface area contributed by atoms with Gasteiger partial charge in [0, 0.05) is 18.8 Å². The normalized spacial score (nSPS) is 29.0. The number of hydrogen-bond acceptors (Lipinski definition) is 3. The third-order valence-electron chi connectivity index (χ3n) is 3.72. The van der Waals surface area contributed by atoms with Crippen LogP contribution in [0.25, 0.3) is 0 Å². The molecule has 1 rings (SSSR count). The Morgan fingerprint density at radius 3 is 2.59 bits per heavy atom. The summed E-state index contributed by atoms with van der Waals surface area (Å²) in [5, 5.41) is 9.26. The summed E-state index contributed by atoms with van der Waals surface area (Å²) in [5.41, 5.74) is -0.722. The molecule has 1 saturated carbocycles. The van der Waals surface area contributed by atoms with Gasteiger partial charge in [-0.3, -0.25) is 4.79 Å². The largest absolute Gasteiger partial charge is 0.341 e. The van der Waals surface area contributed by atoms with Crippen LogP contribution in [0.15, 0.2) is 0 Å². The molecular formula is C13H22N2OS. The summed E-state index contributed by atoms with van der Waals surface area (Å²) in [4.78, 5) is 14.2. The Morgan fingerprint density at radius 2 is 2.24 bits per heavy atom. The Morgan fingerprint density at radius 1 is 1.65 bits per heavy atom. The minimum Gasteiger partial charge on any atom is -0.341 e. The van der Waals surface area contributed by atoms with Gasteiger partial charge in [0.05, 0.1) is 6.07 Å². The Balaban J connectivity index is 2.72. The van der Waals surface area contributed by atoms with E-state index in [-0.39, 0.29) is 11.9 Å². The number of hydrogen-bond donors (Lipinski definition) is 0. The molecule has 0 aromatic carbocycles. The summed E-state index contributed by atoms with van der Waals surface area (Å²) >= 11 is 1.75. The quantitative estimate of drug-likeness (QED) is 0.757. The minimum absolute atomic E-state index is 0.0269. The average Bonchev–Trinajstić information content (AvgIpc) is 2.29. The summed E-state index contributed by atoms with van der Waals surface area (Å²) in [7, 11) is 1.84. The highest BCUT2D eigenvalue weighted by Gasteiger charge is 2.50. The molecule has 1 amide bonds. The highest BCUT2D eigenvalue weighted by Crippen LogP contribution is 2.46. The van der Waals surface area contributed by atoms with Crippen molar-refractivity contribution in [2.45, 2.75) is 39.2 Å². The molecule has 0 aliphatic heterocycles. The molecular weight excluding hydrogens is 232 g/mol.